The first-order chi connectivity index (χ1) is 12.5. The Morgan fingerprint density at radius 3 is 2.23 bits per heavy atom. The predicted octanol–water partition coefficient (Wildman–Crippen LogP) is 1.39. The Bertz CT molecular complexity index is 621. The van der Waals surface area contributed by atoms with Crippen LogP contribution in [0.2, 0.25) is 0 Å². The van der Waals surface area contributed by atoms with E-state index in [0.29, 0.717) is 38.2 Å². The highest BCUT2D eigenvalue weighted by molar-refractivity contribution is 5.80. The van der Waals surface area contributed by atoms with Gasteiger partial charge in [0.2, 0.25) is 11.8 Å². The summed E-state index contributed by atoms with van der Waals surface area (Å²) in [5.41, 5.74) is 5.33. The Balaban J connectivity index is 1.39. The molecule has 142 valence electrons. The van der Waals surface area contributed by atoms with Crippen molar-refractivity contribution in [1.82, 2.24) is 9.80 Å². The van der Waals surface area contributed by atoms with Crippen LogP contribution in [0.5, 0.6) is 5.75 Å². The average Bonchev–Trinajstić information content (AvgIpc) is 2.65. The van der Waals surface area contributed by atoms with Crippen molar-refractivity contribution in [3.05, 3.63) is 30.1 Å². The van der Waals surface area contributed by atoms with E-state index in [2.05, 4.69) is 4.90 Å². The molecule has 3 rings (SSSR count). The third kappa shape index (κ3) is 4.94. The Morgan fingerprint density at radius 2 is 1.65 bits per heavy atom. The quantitative estimate of drug-likeness (QED) is 0.858. The van der Waals surface area contributed by atoms with Gasteiger partial charge in [0.25, 0.3) is 0 Å². The van der Waals surface area contributed by atoms with Gasteiger partial charge in [-0.15, -0.1) is 0 Å². The van der Waals surface area contributed by atoms with Crippen LogP contribution in [0.4, 0.5) is 4.39 Å². The second kappa shape index (κ2) is 8.49. The predicted molar refractivity (Wildman–Crippen MR) is 95.0 cm³/mol. The minimum absolute atomic E-state index is 0.0955. The van der Waals surface area contributed by atoms with Gasteiger partial charge in [-0.25, -0.2) is 4.39 Å². The summed E-state index contributed by atoms with van der Waals surface area (Å²) in [4.78, 5) is 27.6. The summed E-state index contributed by atoms with van der Waals surface area (Å²) in [5.74, 6) is 0.161. The zero-order valence-electron chi connectivity index (χ0n) is 14.9. The van der Waals surface area contributed by atoms with Crippen molar-refractivity contribution >= 4 is 11.8 Å². The maximum absolute atomic E-state index is 12.9. The molecule has 1 aromatic rings. The fourth-order valence-corrected chi connectivity index (χ4v) is 3.60. The lowest BCUT2D eigenvalue weighted by molar-refractivity contribution is -0.136. The minimum atomic E-state index is -0.273. The van der Waals surface area contributed by atoms with Crippen molar-refractivity contribution in [2.24, 2.45) is 11.7 Å². The standard InChI is InChI=1S/C19H26FN3O3/c20-15-1-3-16(4-2-15)26-17-7-9-22(10-8-17)13-18(24)23-11-5-14(6-12-23)19(21)25/h1-4,14,17H,5-13H2,(H2,21,25). The molecular weight excluding hydrogens is 337 g/mol. The topological polar surface area (TPSA) is 75.9 Å². The Kier molecular flexibility index (Phi) is 6.08. The van der Waals surface area contributed by atoms with E-state index in [1.165, 1.54) is 12.1 Å². The van der Waals surface area contributed by atoms with Crippen LogP contribution >= 0.6 is 0 Å². The molecule has 2 amide bonds. The number of amides is 2. The summed E-state index contributed by atoms with van der Waals surface area (Å²) < 4.78 is 18.8. The van der Waals surface area contributed by atoms with Crippen LogP contribution < -0.4 is 10.5 Å². The lowest BCUT2D eigenvalue weighted by Gasteiger charge is -2.35. The summed E-state index contributed by atoms with van der Waals surface area (Å²) in [5, 5.41) is 0. The molecule has 6 nitrogen and oxygen atoms in total. The largest absolute Gasteiger partial charge is 0.490 e. The van der Waals surface area contributed by atoms with Gasteiger partial charge >= 0.3 is 0 Å². The fraction of sp³-hybridized carbons (Fsp3) is 0.579. The molecule has 2 fully saturated rings. The highest BCUT2D eigenvalue weighted by Gasteiger charge is 2.28. The number of nitrogens with two attached hydrogens (primary N) is 1. The van der Waals surface area contributed by atoms with Crippen LogP contribution in [0, 0.1) is 11.7 Å². The van der Waals surface area contributed by atoms with E-state index in [0.717, 1.165) is 25.9 Å². The number of ether oxygens (including phenoxy) is 1. The maximum atomic E-state index is 12.9. The number of primary amides is 1. The number of hydrogen-bond acceptors (Lipinski definition) is 4. The molecule has 7 heteroatoms. The molecule has 2 saturated heterocycles. The maximum Gasteiger partial charge on any atom is 0.236 e. The Morgan fingerprint density at radius 1 is 1.04 bits per heavy atom. The van der Waals surface area contributed by atoms with Gasteiger partial charge in [-0.2, -0.15) is 0 Å². The first-order valence-corrected chi connectivity index (χ1v) is 9.23. The third-order valence-corrected chi connectivity index (χ3v) is 5.26. The molecule has 0 radical (unpaired) electrons. The summed E-state index contributed by atoms with van der Waals surface area (Å²) in [6, 6.07) is 6.07. The van der Waals surface area contributed by atoms with Crippen molar-refractivity contribution in [2.75, 3.05) is 32.7 Å². The number of nitrogens with zero attached hydrogens (tertiary/aromatic N) is 2. The lowest BCUT2D eigenvalue weighted by atomic mass is 9.96. The highest BCUT2D eigenvalue weighted by atomic mass is 19.1. The number of rotatable bonds is 5. The van der Waals surface area contributed by atoms with E-state index < -0.39 is 0 Å². The van der Waals surface area contributed by atoms with Crippen molar-refractivity contribution in [1.29, 1.82) is 0 Å². The van der Waals surface area contributed by atoms with Gasteiger partial charge in [-0.3, -0.25) is 14.5 Å². The van der Waals surface area contributed by atoms with E-state index in [9.17, 15) is 14.0 Å². The van der Waals surface area contributed by atoms with Gasteiger partial charge in [0.15, 0.2) is 0 Å². The molecule has 0 bridgehead atoms. The van der Waals surface area contributed by atoms with E-state index in [4.69, 9.17) is 10.5 Å². The lowest BCUT2D eigenvalue weighted by Crippen LogP contribution is -2.48. The summed E-state index contributed by atoms with van der Waals surface area (Å²) in [6.07, 6.45) is 3.10. The van der Waals surface area contributed by atoms with Crippen molar-refractivity contribution in [3.63, 3.8) is 0 Å². The fourth-order valence-electron chi connectivity index (χ4n) is 3.60. The van der Waals surface area contributed by atoms with E-state index in [1.54, 1.807) is 12.1 Å². The molecule has 26 heavy (non-hydrogen) atoms. The van der Waals surface area contributed by atoms with Crippen LogP contribution in [-0.4, -0.2) is 60.4 Å². The van der Waals surface area contributed by atoms with Gasteiger partial charge < -0.3 is 15.4 Å². The number of hydrogen-bond donors (Lipinski definition) is 1. The van der Waals surface area contributed by atoms with Crippen LogP contribution in [0.1, 0.15) is 25.7 Å². The zero-order valence-corrected chi connectivity index (χ0v) is 14.9. The molecule has 2 aliphatic rings. The number of likely N-dealkylation sites (tertiary alicyclic amines) is 2. The number of piperidine rings is 2. The minimum Gasteiger partial charge on any atom is -0.490 e. The zero-order chi connectivity index (χ0) is 18.5. The SMILES string of the molecule is NC(=O)C1CCN(C(=O)CN2CCC(Oc3ccc(F)cc3)CC2)CC1. The summed E-state index contributed by atoms with van der Waals surface area (Å²) in [7, 11) is 0. The molecule has 2 heterocycles. The van der Waals surface area contributed by atoms with Crippen molar-refractivity contribution in [3.8, 4) is 5.75 Å². The molecular formula is C19H26FN3O3. The van der Waals surface area contributed by atoms with E-state index >= 15 is 0 Å². The van der Waals surface area contributed by atoms with Gasteiger partial charge in [-0.05, 0) is 49.9 Å². The second-order valence-corrected chi connectivity index (χ2v) is 7.10. The van der Waals surface area contributed by atoms with E-state index in [-0.39, 0.29) is 29.7 Å². The van der Waals surface area contributed by atoms with Gasteiger partial charge in [0.05, 0.1) is 6.54 Å². The van der Waals surface area contributed by atoms with Gasteiger partial charge in [-0.1, -0.05) is 0 Å². The van der Waals surface area contributed by atoms with Crippen molar-refractivity contribution in [2.45, 2.75) is 31.8 Å². The summed E-state index contributed by atoms with van der Waals surface area (Å²) >= 11 is 0. The van der Waals surface area contributed by atoms with Crippen LogP contribution in [0.25, 0.3) is 0 Å². The summed E-state index contributed by atoms with van der Waals surface area (Å²) in [6.45, 7) is 3.22. The van der Waals surface area contributed by atoms with Crippen LogP contribution in [0.15, 0.2) is 24.3 Å². The average molecular weight is 363 g/mol. The van der Waals surface area contributed by atoms with Crippen molar-refractivity contribution < 1.29 is 18.7 Å². The molecule has 0 spiro atoms. The monoisotopic (exact) mass is 363 g/mol. The third-order valence-electron chi connectivity index (χ3n) is 5.26. The highest BCUT2D eigenvalue weighted by Crippen LogP contribution is 2.20. The molecule has 0 atom stereocenters. The molecule has 0 saturated carbocycles. The van der Waals surface area contributed by atoms with Gasteiger partial charge in [0, 0.05) is 32.1 Å². The molecule has 2 N–H and O–H groups in total. The Hall–Kier alpha value is -2.15. The normalized spacial score (nSPS) is 20.1. The van der Waals surface area contributed by atoms with Gasteiger partial charge in [0.1, 0.15) is 17.7 Å². The molecule has 0 aromatic heterocycles. The molecule has 0 aliphatic carbocycles. The number of carbonyl (C=O) groups excluding carboxylic acids is 2. The molecule has 2 aliphatic heterocycles. The number of halogens is 1. The first-order valence-electron chi connectivity index (χ1n) is 9.23. The van der Waals surface area contributed by atoms with Crippen LogP contribution in [0.3, 0.4) is 0 Å². The smallest absolute Gasteiger partial charge is 0.236 e. The van der Waals surface area contributed by atoms with E-state index in [1.807, 2.05) is 4.90 Å². The second-order valence-electron chi connectivity index (χ2n) is 7.10. The first kappa shape index (κ1) is 18.6. The molecule has 1 aromatic carbocycles. The number of carbonyl (C=O) groups is 2. The molecule has 0 unspecified atom stereocenters. The van der Waals surface area contributed by atoms with Crippen LogP contribution in [-0.2, 0) is 9.59 Å². The Labute approximate surface area is 153 Å². The number of benzene rings is 1.